The Morgan fingerprint density at radius 3 is 2.24 bits per heavy atom. The average molecular weight is 286 g/mol. The molecule has 21 heavy (non-hydrogen) atoms. The van der Waals surface area contributed by atoms with Gasteiger partial charge in [-0.3, -0.25) is 4.79 Å². The van der Waals surface area contributed by atoms with Crippen LogP contribution in [0.5, 0.6) is 0 Å². The Morgan fingerprint density at radius 2 is 1.71 bits per heavy atom. The molecule has 3 N–H and O–H groups in total. The fourth-order valence-corrected chi connectivity index (χ4v) is 1.96. The van der Waals surface area contributed by atoms with Crippen molar-refractivity contribution in [2.75, 3.05) is 11.1 Å². The highest BCUT2D eigenvalue weighted by Gasteiger charge is 2.14. The van der Waals surface area contributed by atoms with Gasteiger partial charge in [-0.1, -0.05) is 32.9 Å². The molecular formula is C17H19FN2O. The van der Waals surface area contributed by atoms with Crippen molar-refractivity contribution in [2.24, 2.45) is 0 Å². The molecule has 0 aromatic heterocycles. The van der Waals surface area contributed by atoms with Gasteiger partial charge in [-0.25, -0.2) is 4.39 Å². The van der Waals surface area contributed by atoms with Gasteiger partial charge < -0.3 is 11.1 Å². The van der Waals surface area contributed by atoms with Gasteiger partial charge in [0.2, 0.25) is 0 Å². The Kier molecular flexibility index (Phi) is 3.98. The lowest BCUT2D eigenvalue weighted by Crippen LogP contribution is -2.15. The van der Waals surface area contributed by atoms with E-state index in [9.17, 15) is 9.18 Å². The monoisotopic (exact) mass is 286 g/mol. The van der Waals surface area contributed by atoms with Crippen molar-refractivity contribution < 1.29 is 9.18 Å². The molecule has 0 saturated carbocycles. The molecule has 0 atom stereocenters. The van der Waals surface area contributed by atoms with E-state index in [1.54, 1.807) is 12.1 Å². The van der Waals surface area contributed by atoms with Crippen LogP contribution in [0.4, 0.5) is 15.8 Å². The molecule has 2 rings (SSSR count). The molecule has 0 heterocycles. The van der Waals surface area contributed by atoms with E-state index in [2.05, 4.69) is 26.1 Å². The molecule has 0 aliphatic rings. The van der Waals surface area contributed by atoms with Crippen molar-refractivity contribution in [3.8, 4) is 0 Å². The lowest BCUT2D eigenvalue weighted by Gasteiger charge is -2.19. The van der Waals surface area contributed by atoms with Gasteiger partial charge in [0.1, 0.15) is 5.82 Å². The maximum Gasteiger partial charge on any atom is 0.255 e. The lowest BCUT2D eigenvalue weighted by molar-refractivity contribution is 0.102. The summed E-state index contributed by atoms with van der Waals surface area (Å²) in [5.74, 6) is -0.700. The van der Waals surface area contributed by atoms with Crippen LogP contribution in [-0.2, 0) is 5.41 Å². The first-order chi connectivity index (χ1) is 9.77. The molecule has 2 aromatic carbocycles. The molecule has 0 radical (unpaired) electrons. The van der Waals surface area contributed by atoms with Crippen molar-refractivity contribution in [1.82, 2.24) is 0 Å². The van der Waals surface area contributed by atoms with E-state index in [0.29, 0.717) is 11.3 Å². The Hall–Kier alpha value is -2.36. The second-order valence-electron chi connectivity index (χ2n) is 6.01. The summed E-state index contributed by atoms with van der Waals surface area (Å²) in [6, 6.07) is 11.3. The number of hydrogen-bond acceptors (Lipinski definition) is 2. The summed E-state index contributed by atoms with van der Waals surface area (Å²) in [5, 5.41) is 2.68. The SMILES string of the molecule is CC(C)(C)c1ccc(C(=O)Nc2ccc(F)cc2N)cc1. The first kappa shape index (κ1) is 15.0. The first-order valence-corrected chi connectivity index (χ1v) is 6.74. The van der Waals surface area contributed by atoms with Crippen molar-refractivity contribution in [2.45, 2.75) is 26.2 Å². The van der Waals surface area contributed by atoms with Gasteiger partial charge in [-0.05, 0) is 41.3 Å². The highest BCUT2D eigenvalue weighted by molar-refractivity contribution is 6.05. The molecule has 0 aliphatic heterocycles. The molecule has 0 aliphatic carbocycles. The summed E-state index contributed by atoms with van der Waals surface area (Å²) in [4.78, 5) is 12.2. The fraction of sp³-hybridized carbons (Fsp3) is 0.235. The van der Waals surface area contributed by atoms with Crippen LogP contribution in [-0.4, -0.2) is 5.91 Å². The van der Waals surface area contributed by atoms with E-state index < -0.39 is 5.82 Å². The molecule has 3 nitrogen and oxygen atoms in total. The van der Waals surface area contributed by atoms with Crippen LogP contribution in [0.1, 0.15) is 36.7 Å². The Labute approximate surface area is 124 Å². The van der Waals surface area contributed by atoms with Crippen LogP contribution in [0.15, 0.2) is 42.5 Å². The smallest absolute Gasteiger partial charge is 0.255 e. The molecule has 1 amide bonds. The maximum absolute atomic E-state index is 13.0. The van der Waals surface area contributed by atoms with E-state index in [4.69, 9.17) is 5.73 Å². The zero-order valence-corrected chi connectivity index (χ0v) is 12.4. The second kappa shape index (κ2) is 5.56. The van der Waals surface area contributed by atoms with Crippen LogP contribution in [0.2, 0.25) is 0 Å². The van der Waals surface area contributed by atoms with E-state index in [-0.39, 0.29) is 17.0 Å². The summed E-state index contributed by atoms with van der Waals surface area (Å²) in [6.07, 6.45) is 0. The summed E-state index contributed by atoms with van der Waals surface area (Å²) >= 11 is 0. The first-order valence-electron chi connectivity index (χ1n) is 6.74. The molecule has 0 saturated heterocycles. The summed E-state index contributed by atoms with van der Waals surface area (Å²) in [6.45, 7) is 6.34. The predicted molar refractivity (Wildman–Crippen MR) is 83.9 cm³/mol. The van der Waals surface area contributed by atoms with Crippen molar-refractivity contribution in [3.05, 3.63) is 59.4 Å². The Morgan fingerprint density at radius 1 is 1.10 bits per heavy atom. The summed E-state index contributed by atoms with van der Waals surface area (Å²) in [5.41, 5.74) is 8.01. The Balaban J connectivity index is 2.17. The normalized spacial score (nSPS) is 11.2. The number of nitrogens with two attached hydrogens (primary N) is 1. The third kappa shape index (κ3) is 3.60. The minimum absolute atomic E-state index is 0.0381. The highest BCUT2D eigenvalue weighted by atomic mass is 19.1. The lowest BCUT2D eigenvalue weighted by atomic mass is 9.87. The van der Waals surface area contributed by atoms with Gasteiger partial charge in [0, 0.05) is 5.56 Å². The van der Waals surface area contributed by atoms with Gasteiger partial charge in [-0.15, -0.1) is 0 Å². The van der Waals surface area contributed by atoms with Crippen molar-refractivity contribution >= 4 is 17.3 Å². The van der Waals surface area contributed by atoms with Gasteiger partial charge in [0.05, 0.1) is 11.4 Å². The quantitative estimate of drug-likeness (QED) is 0.821. The van der Waals surface area contributed by atoms with Gasteiger partial charge in [0.15, 0.2) is 0 Å². The van der Waals surface area contributed by atoms with Crippen LogP contribution >= 0.6 is 0 Å². The molecule has 0 spiro atoms. The van der Waals surface area contributed by atoms with E-state index >= 15 is 0 Å². The standard InChI is InChI=1S/C17H19FN2O/c1-17(2,3)12-6-4-11(5-7-12)16(21)20-15-9-8-13(18)10-14(15)19/h4-10H,19H2,1-3H3,(H,20,21). The van der Waals surface area contributed by atoms with Crippen LogP contribution in [0, 0.1) is 5.82 Å². The molecule has 0 fully saturated rings. The number of benzene rings is 2. The number of nitrogens with one attached hydrogen (secondary N) is 1. The minimum atomic E-state index is -0.431. The van der Waals surface area contributed by atoms with Crippen LogP contribution in [0.3, 0.4) is 0 Å². The minimum Gasteiger partial charge on any atom is -0.397 e. The summed E-state index contributed by atoms with van der Waals surface area (Å²) < 4.78 is 13.0. The number of halogens is 1. The largest absolute Gasteiger partial charge is 0.397 e. The number of rotatable bonds is 2. The topological polar surface area (TPSA) is 55.1 Å². The van der Waals surface area contributed by atoms with E-state index in [1.165, 1.54) is 18.2 Å². The number of hydrogen-bond donors (Lipinski definition) is 2. The number of nitrogen functional groups attached to an aromatic ring is 1. The molecule has 4 heteroatoms. The molecule has 0 bridgehead atoms. The second-order valence-corrected chi connectivity index (χ2v) is 6.01. The number of amides is 1. The number of anilines is 2. The molecular weight excluding hydrogens is 267 g/mol. The zero-order valence-electron chi connectivity index (χ0n) is 12.4. The van der Waals surface area contributed by atoms with Gasteiger partial charge in [-0.2, -0.15) is 0 Å². The average Bonchev–Trinajstić information content (AvgIpc) is 2.41. The zero-order chi connectivity index (χ0) is 15.6. The third-order valence-corrected chi connectivity index (χ3v) is 3.27. The fourth-order valence-electron chi connectivity index (χ4n) is 1.96. The maximum atomic E-state index is 13.0. The van der Waals surface area contributed by atoms with E-state index in [0.717, 1.165) is 5.56 Å². The van der Waals surface area contributed by atoms with Gasteiger partial charge >= 0.3 is 0 Å². The molecule has 110 valence electrons. The highest BCUT2D eigenvalue weighted by Crippen LogP contribution is 2.23. The number of carbonyl (C=O) groups is 1. The van der Waals surface area contributed by atoms with Crippen molar-refractivity contribution in [1.29, 1.82) is 0 Å². The predicted octanol–water partition coefficient (Wildman–Crippen LogP) is 3.96. The Bertz CT molecular complexity index is 657. The third-order valence-electron chi connectivity index (χ3n) is 3.27. The van der Waals surface area contributed by atoms with Crippen LogP contribution < -0.4 is 11.1 Å². The van der Waals surface area contributed by atoms with Crippen LogP contribution in [0.25, 0.3) is 0 Å². The van der Waals surface area contributed by atoms with Gasteiger partial charge in [0.25, 0.3) is 5.91 Å². The molecule has 0 unspecified atom stereocenters. The van der Waals surface area contributed by atoms with Crippen molar-refractivity contribution in [3.63, 3.8) is 0 Å². The van der Waals surface area contributed by atoms with E-state index in [1.807, 2.05) is 12.1 Å². The summed E-state index contributed by atoms with van der Waals surface area (Å²) in [7, 11) is 0. The number of carbonyl (C=O) groups excluding carboxylic acids is 1. The molecule has 2 aromatic rings.